The number of anilines is 1. The van der Waals surface area contributed by atoms with Crippen LogP contribution in [0.25, 0.3) is 0 Å². The SMILES string of the molecule is CN=C(NCC1CN(C)CCO1)NC1CCN(c2ncccc2F)C1. The molecule has 0 bridgehead atoms. The fraction of sp³-hybridized carbons (Fsp3) is 0.647. The van der Waals surface area contributed by atoms with Crippen molar-refractivity contribution >= 4 is 11.8 Å². The molecule has 8 heteroatoms. The molecule has 2 saturated heterocycles. The van der Waals surface area contributed by atoms with E-state index in [-0.39, 0.29) is 18.0 Å². The van der Waals surface area contributed by atoms with Crippen LogP contribution < -0.4 is 15.5 Å². The molecule has 2 unspecified atom stereocenters. The van der Waals surface area contributed by atoms with E-state index in [1.165, 1.54) is 6.07 Å². The second-order valence-corrected chi connectivity index (χ2v) is 6.59. The monoisotopic (exact) mass is 350 g/mol. The normalized spacial score (nSPS) is 25.2. The number of guanidine groups is 1. The van der Waals surface area contributed by atoms with Crippen molar-refractivity contribution in [2.75, 3.05) is 58.3 Å². The molecule has 3 rings (SSSR count). The number of rotatable bonds is 4. The zero-order chi connectivity index (χ0) is 17.6. The minimum absolute atomic E-state index is 0.167. The number of aliphatic imine (C=N–C) groups is 1. The maximum absolute atomic E-state index is 13.9. The smallest absolute Gasteiger partial charge is 0.191 e. The minimum atomic E-state index is -0.274. The van der Waals surface area contributed by atoms with Gasteiger partial charge in [0, 0.05) is 52.0 Å². The van der Waals surface area contributed by atoms with E-state index in [4.69, 9.17) is 4.74 Å². The van der Waals surface area contributed by atoms with Crippen LogP contribution in [0.15, 0.2) is 23.3 Å². The van der Waals surface area contributed by atoms with E-state index >= 15 is 0 Å². The topological polar surface area (TPSA) is 65.0 Å². The van der Waals surface area contributed by atoms with Crippen LogP contribution in [0.5, 0.6) is 0 Å². The molecule has 3 heterocycles. The Balaban J connectivity index is 1.47. The third-order valence-electron chi connectivity index (χ3n) is 4.63. The highest BCUT2D eigenvalue weighted by Crippen LogP contribution is 2.20. The summed E-state index contributed by atoms with van der Waals surface area (Å²) in [6.07, 6.45) is 2.71. The first-order chi connectivity index (χ1) is 12.2. The average molecular weight is 350 g/mol. The molecule has 7 nitrogen and oxygen atoms in total. The molecular weight excluding hydrogens is 323 g/mol. The highest BCUT2D eigenvalue weighted by molar-refractivity contribution is 5.80. The number of aromatic nitrogens is 1. The van der Waals surface area contributed by atoms with Crippen LogP contribution in [-0.2, 0) is 4.74 Å². The van der Waals surface area contributed by atoms with Crippen LogP contribution in [0.3, 0.4) is 0 Å². The zero-order valence-electron chi connectivity index (χ0n) is 14.9. The first-order valence-corrected chi connectivity index (χ1v) is 8.78. The second kappa shape index (κ2) is 8.44. The third kappa shape index (κ3) is 4.79. The van der Waals surface area contributed by atoms with Gasteiger partial charge in [0.05, 0.1) is 12.7 Å². The maximum Gasteiger partial charge on any atom is 0.191 e. The molecule has 0 aromatic carbocycles. The van der Waals surface area contributed by atoms with Crippen LogP contribution in [-0.4, -0.2) is 81.4 Å². The van der Waals surface area contributed by atoms with E-state index in [9.17, 15) is 4.39 Å². The summed E-state index contributed by atoms with van der Waals surface area (Å²) < 4.78 is 19.6. The molecule has 2 aliphatic rings. The van der Waals surface area contributed by atoms with Crippen LogP contribution >= 0.6 is 0 Å². The number of nitrogens with one attached hydrogen (secondary N) is 2. The van der Waals surface area contributed by atoms with E-state index < -0.39 is 0 Å². The number of ether oxygens (including phenoxy) is 1. The summed E-state index contributed by atoms with van der Waals surface area (Å²) in [4.78, 5) is 12.7. The van der Waals surface area contributed by atoms with Crippen molar-refractivity contribution in [3.05, 3.63) is 24.1 Å². The van der Waals surface area contributed by atoms with Crippen LogP contribution in [0.4, 0.5) is 10.2 Å². The summed E-state index contributed by atoms with van der Waals surface area (Å²) >= 11 is 0. The molecule has 0 spiro atoms. The summed E-state index contributed by atoms with van der Waals surface area (Å²) in [5, 5.41) is 6.75. The highest BCUT2D eigenvalue weighted by Gasteiger charge is 2.26. The molecule has 2 atom stereocenters. The molecule has 0 amide bonds. The number of pyridine rings is 1. The fourth-order valence-corrected chi connectivity index (χ4v) is 3.27. The molecule has 2 fully saturated rings. The van der Waals surface area contributed by atoms with Crippen LogP contribution in [0.2, 0.25) is 0 Å². The van der Waals surface area contributed by atoms with Gasteiger partial charge in [-0.1, -0.05) is 0 Å². The lowest BCUT2D eigenvalue weighted by Crippen LogP contribution is -2.50. The lowest BCUT2D eigenvalue weighted by Gasteiger charge is -2.30. The van der Waals surface area contributed by atoms with Gasteiger partial charge in [0.15, 0.2) is 17.6 Å². The number of hydrogen-bond acceptors (Lipinski definition) is 5. The first kappa shape index (κ1) is 17.9. The van der Waals surface area contributed by atoms with Gasteiger partial charge < -0.3 is 25.2 Å². The Hall–Kier alpha value is -1.93. The quantitative estimate of drug-likeness (QED) is 0.601. The summed E-state index contributed by atoms with van der Waals surface area (Å²) in [5.41, 5.74) is 0. The fourth-order valence-electron chi connectivity index (χ4n) is 3.27. The lowest BCUT2D eigenvalue weighted by atomic mass is 10.2. The molecule has 138 valence electrons. The maximum atomic E-state index is 13.9. The number of morpholine rings is 1. The summed E-state index contributed by atoms with van der Waals surface area (Å²) in [6.45, 7) is 4.86. The van der Waals surface area contributed by atoms with Gasteiger partial charge in [0.25, 0.3) is 0 Å². The van der Waals surface area contributed by atoms with Crippen molar-refractivity contribution in [2.24, 2.45) is 4.99 Å². The molecule has 2 aliphatic heterocycles. The van der Waals surface area contributed by atoms with Gasteiger partial charge in [0.2, 0.25) is 0 Å². The molecule has 0 saturated carbocycles. The third-order valence-corrected chi connectivity index (χ3v) is 4.63. The van der Waals surface area contributed by atoms with Crippen molar-refractivity contribution in [3.8, 4) is 0 Å². The van der Waals surface area contributed by atoms with Crippen LogP contribution in [0, 0.1) is 5.82 Å². The number of hydrogen-bond donors (Lipinski definition) is 2. The molecular formula is C17H27FN6O. The van der Waals surface area contributed by atoms with Gasteiger partial charge in [-0.2, -0.15) is 0 Å². The molecule has 1 aromatic rings. The molecule has 2 N–H and O–H groups in total. The summed E-state index contributed by atoms with van der Waals surface area (Å²) in [7, 11) is 3.86. The van der Waals surface area contributed by atoms with Crippen molar-refractivity contribution < 1.29 is 9.13 Å². The average Bonchev–Trinajstić information content (AvgIpc) is 3.07. The second-order valence-electron chi connectivity index (χ2n) is 6.59. The largest absolute Gasteiger partial charge is 0.374 e. The Morgan fingerprint density at radius 1 is 1.44 bits per heavy atom. The van der Waals surface area contributed by atoms with Gasteiger partial charge in [0.1, 0.15) is 0 Å². The minimum Gasteiger partial charge on any atom is -0.374 e. The Bertz CT molecular complexity index is 598. The van der Waals surface area contributed by atoms with Gasteiger partial charge in [-0.15, -0.1) is 0 Å². The van der Waals surface area contributed by atoms with Crippen molar-refractivity contribution in [2.45, 2.75) is 18.6 Å². The Morgan fingerprint density at radius 2 is 2.32 bits per heavy atom. The highest BCUT2D eigenvalue weighted by atomic mass is 19.1. The molecule has 0 aliphatic carbocycles. The molecule has 25 heavy (non-hydrogen) atoms. The lowest BCUT2D eigenvalue weighted by molar-refractivity contribution is -0.0161. The number of halogens is 1. The van der Waals surface area contributed by atoms with E-state index in [0.717, 1.165) is 45.2 Å². The zero-order valence-corrected chi connectivity index (χ0v) is 14.9. The van der Waals surface area contributed by atoms with E-state index in [0.29, 0.717) is 12.4 Å². The summed E-state index contributed by atoms with van der Waals surface area (Å²) in [5.74, 6) is 0.905. The van der Waals surface area contributed by atoms with Crippen LogP contribution in [0.1, 0.15) is 6.42 Å². The predicted molar refractivity (Wildman–Crippen MR) is 96.5 cm³/mol. The Labute approximate surface area is 148 Å². The van der Waals surface area contributed by atoms with Gasteiger partial charge in [-0.3, -0.25) is 4.99 Å². The Kier molecular flexibility index (Phi) is 6.04. The number of nitrogens with zero attached hydrogens (tertiary/aromatic N) is 4. The van der Waals surface area contributed by atoms with E-state index in [1.54, 1.807) is 19.3 Å². The van der Waals surface area contributed by atoms with Crippen molar-refractivity contribution in [3.63, 3.8) is 0 Å². The standard InChI is InChI=1S/C17H27FN6O/c1-19-17(21-10-14-12-23(2)8-9-25-14)22-13-5-7-24(11-13)16-15(18)4-3-6-20-16/h3-4,6,13-14H,5,7-12H2,1-2H3,(H2,19,21,22). The van der Waals surface area contributed by atoms with Crippen molar-refractivity contribution in [1.82, 2.24) is 20.5 Å². The van der Waals surface area contributed by atoms with E-state index in [2.05, 4.69) is 32.6 Å². The van der Waals surface area contributed by atoms with Crippen molar-refractivity contribution in [1.29, 1.82) is 0 Å². The molecule has 0 radical (unpaired) electrons. The first-order valence-electron chi connectivity index (χ1n) is 8.78. The Morgan fingerprint density at radius 3 is 3.08 bits per heavy atom. The van der Waals surface area contributed by atoms with Gasteiger partial charge in [-0.05, 0) is 25.6 Å². The number of likely N-dealkylation sites (N-methyl/N-ethyl adjacent to an activating group) is 1. The molecule has 1 aromatic heterocycles. The predicted octanol–water partition coefficient (Wildman–Crippen LogP) is 0.295. The van der Waals surface area contributed by atoms with E-state index in [1.807, 2.05) is 4.90 Å². The summed E-state index contributed by atoms with van der Waals surface area (Å²) in [6, 6.07) is 3.27. The van der Waals surface area contributed by atoms with Gasteiger partial charge in [-0.25, -0.2) is 9.37 Å². The van der Waals surface area contributed by atoms with Gasteiger partial charge >= 0.3 is 0 Å².